The van der Waals surface area contributed by atoms with Gasteiger partial charge in [-0.1, -0.05) is 66.3 Å². The fourth-order valence-electron chi connectivity index (χ4n) is 8.35. The molecule has 4 rings (SSSR count). The number of benzene rings is 1. The minimum Gasteiger partial charge on any atom is -0.0765 e. The van der Waals surface area contributed by atoms with Crippen LogP contribution in [0.3, 0.4) is 0 Å². The van der Waals surface area contributed by atoms with Gasteiger partial charge >= 0.3 is 0 Å². The minimum absolute atomic E-state index is 0.0140. The first-order chi connectivity index (χ1) is 14.3. The van der Waals surface area contributed by atoms with Crippen molar-refractivity contribution in [3.05, 3.63) is 28.3 Å². The van der Waals surface area contributed by atoms with Crippen molar-refractivity contribution in [3.63, 3.8) is 0 Å². The van der Waals surface area contributed by atoms with Crippen LogP contribution in [0.4, 0.5) is 0 Å². The lowest BCUT2D eigenvalue weighted by atomic mass is 9.50. The summed E-state index contributed by atoms with van der Waals surface area (Å²) in [5.41, 5.74) is 9.53. The Balaban J connectivity index is 2.17. The highest BCUT2D eigenvalue weighted by Gasteiger charge is 2.57. The lowest BCUT2D eigenvalue weighted by Crippen LogP contribution is -2.42. The third kappa shape index (κ3) is 2.51. The Hall–Kier alpha value is -0.715. The summed E-state index contributed by atoms with van der Waals surface area (Å²) in [7, 11) is -0.0140. The molecule has 0 amide bonds. The molecule has 29 heavy (non-hydrogen) atoms. The molecule has 0 spiro atoms. The fourth-order valence-corrected chi connectivity index (χ4v) is 8.35. The molecule has 1 unspecified atom stereocenters. The summed E-state index contributed by atoms with van der Waals surface area (Å²) in [5.74, 6) is 0. The molecule has 0 radical (unpaired) electrons. The average molecular weight is 393 g/mol. The first-order valence-electron chi connectivity index (χ1n) is 13.5. The smallest absolute Gasteiger partial charge is 0.0765 e. The van der Waals surface area contributed by atoms with Gasteiger partial charge in [-0.25, -0.2) is 0 Å². The van der Waals surface area contributed by atoms with Crippen LogP contribution >= 0.6 is 0 Å². The highest BCUT2D eigenvalue weighted by molar-refractivity contribution is 6.55. The van der Waals surface area contributed by atoms with Crippen LogP contribution in [0.2, 0.25) is 6.32 Å². The number of hydrogen-bond donors (Lipinski definition) is 0. The molecular weight excluding hydrogens is 347 g/mol. The van der Waals surface area contributed by atoms with Crippen LogP contribution in [0.15, 0.2) is 6.07 Å². The second-order valence-corrected chi connectivity index (χ2v) is 10.8. The van der Waals surface area contributed by atoms with E-state index in [2.05, 4.69) is 54.5 Å². The number of rotatable bonds is 7. The topological polar surface area (TPSA) is 0 Å². The second kappa shape index (κ2) is 7.17. The average Bonchev–Trinajstić information content (AvgIpc) is 3.25. The third-order valence-corrected chi connectivity index (χ3v) is 10.6. The van der Waals surface area contributed by atoms with Crippen molar-refractivity contribution in [1.82, 2.24) is 0 Å². The lowest BCUT2D eigenvalue weighted by Gasteiger charge is -2.39. The third-order valence-electron chi connectivity index (χ3n) is 10.6. The Kier molecular flexibility index (Phi) is 4.99. The summed E-state index contributed by atoms with van der Waals surface area (Å²) in [6, 6.07) is 2.75. The number of fused-ring (bicyclic) bond motifs is 2. The van der Waals surface area contributed by atoms with Gasteiger partial charge in [0.2, 0.25) is 0 Å². The van der Waals surface area contributed by atoms with Crippen molar-refractivity contribution in [2.75, 3.05) is 0 Å². The molecule has 0 N–H and O–H groups in total. The van der Waals surface area contributed by atoms with Crippen molar-refractivity contribution < 1.29 is 0 Å². The first-order valence-corrected chi connectivity index (χ1v) is 13.0. The van der Waals surface area contributed by atoms with E-state index in [0.717, 1.165) is 6.32 Å². The second-order valence-electron chi connectivity index (χ2n) is 10.8. The maximum Gasteiger partial charge on any atom is 0.158 e. The van der Waals surface area contributed by atoms with E-state index in [0.29, 0.717) is 16.2 Å². The summed E-state index contributed by atoms with van der Waals surface area (Å²) in [6.07, 6.45) is 13.6. The summed E-state index contributed by atoms with van der Waals surface area (Å²) in [4.78, 5) is 0. The fraction of sp³-hybridized carbons (Fsp3) is 0.786. The largest absolute Gasteiger partial charge is 0.158 e. The van der Waals surface area contributed by atoms with Gasteiger partial charge in [-0.3, -0.25) is 0 Å². The summed E-state index contributed by atoms with van der Waals surface area (Å²) >= 11 is 0. The van der Waals surface area contributed by atoms with Crippen LogP contribution < -0.4 is 5.46 Å². The zero-order valence-electron chi connectivity index (χ0n) is 21.4. The summed E-state index contributed by atoms with van der Waals surface area (Å²) < 4.78 is 9.31. The van der Waals surface area contributed by atoms with Crippen LogP contribution in [0, 0.1) is 0 Å². The van der Waals surface area contributed by atoms with E-state index in [1.54, 1.807) is 22.3 Å². The Morgan fingerprint density at radius 1 is 0.724 bits per heavy atom. The van der Waals surface area contributed by atoms with Crippen LogP contribution in [0.25, 0.3) is 0 Å². The Bertz CT molecular complexity index is 812. The van der Waals surface area contributed by atoms with Gasteiger partial charge in [-0.15, -0.1) is 0 Å². The van der Waals surface area contributed by atoms with E-state index < -0.39 is 0 Å². The minimum atomic E-state index is -0.0140. The molecule has 0 aromatic heterocycles. The first kappa shape index (κ1) is 20.2. The van der Waals surface area contributed by atoms with Crippen LogP contribution in [-0.2, 0) is 21.7 Å². The van der Waals surface area contributed by atoms with Gasteiger partial charge < -0.3 is 0 Å². The van der Waals surface area contributed by atoms with Crippen LogP contribution in [0.1, 0.15) is 135 Å². The van der Waals surface area contributed by atoms with Gasteiger partial charge in [-0.2, -0.15) is 0 Å². The summed E-state index contributed by atoms with van der Waals surface area (Å²) in [6.45, 7) is 17.0. The molecule has 1 aromatic carbocycles. The molecule has 0 fully saturated rings. The molecule has 0 nitrogen and oxygen atoms in total. The summed E-state index contributed by atoms with van der Waals surface area (Å²) in [5, 5.41) is 0. The van der Waals surface area contributed by atoms with Crippen molar-refractivity contribution in [2.45, 2.75) is 141 Å². The van der Waals surface area contributed by atoms with Crippen molar-refractivity contribution >= 4 is 12.7 Å². The Morgan fingerprint density at radius 3 is 1.76 bits per heavy atom. The Labute approximate surface area is 183 Å². The monoisotopic (exact) mass is 393 g/mol. The highest BCUT2D eigenvalue weighted by atomic mass is 14.6. The predicted molar refractivity (Wildman–Crippen MR) is 131 cm³/mol. The zero-order valence-corrected chi connectivity index (χ0v) is 20.4. The van der Waals surface area contributed by atoms with E-state index >= 15 is 0 Å². The number of hydrogen-bond acceptors (Lipinski definition) is 0. The molecule has 1 atom stereocenters. The zero-order chi connectivity index (χ0) is 21.9. The Morgan fingerprint density at radius 2 is 1.24 bits per heavy atom. The molecule has 1 heteroatoms. The predicted octanol–water partition coefficient (Wildman–Crippen LogP) is 7.20. The molecule has 1 aromatic rings. The van der Waals surface area contributed by atoms with Crippen molar-refractivity contribution in [1.29, 1.82) is 1.34 Å². The van der Waals surface area contributed by atoms with Crippen molar-refractivity contribution in [3.8, 4) is 0 Å². The SMILES string of the molecule is [2H]B1CCC2(CC)CC(CC)(CC)c3cc4c(c1c32)C(CC)(CC)CC4(CC)CC. The van der Waals surface area contributed by atoms with Gasteiger partial charge in [-0.05, 0) is 109 Å². The van der Waals surface area contributed by atoms with E-state index in [1.165, 1.54) is 69.7 Å². The molecule has 3 aliphatic rings. The molecule has 160 valence electrons. The van der Waals surface area contributed by atoms with Gasteiger partial charge in [0.15, 0.2) is 7.24 Å². The lowest BCUT2D eigenvalue weighted by molar-refractivity contribution is 0.277. The van der Waals surface area contributed by atoms with E-state index in [-0.39, 0.29) is 12.7 Å². The molecule has 0 saturated heterocycles. The van der Waals surface area contributed by atoms with Gasteiger partial charge in [0.05, 0.1) is 0 Å². The van der Waals surface area contributed by atoms with Gasteiger partial charge in [0.1, 0.15) is 0 Å². The quantitative estimate of drug-likeness (QED) is 0.430. The normalized spacial score (nSPS) is 28.2. The van der Waals surface area contributed by atoms with Crippen molar-refractivity contribution in [2.24, 2.45) is 0 Å². The molecule has 1 aliphatic heterocycles. The van der Waals surface area contributed by atoms with E-state index in [1.807, 2.05) is 0 Å². The molecule has 1 heterocycles. The molecule has 0 saturated carbocycles. The standard InChI is InChI=1S/C28H45B/c1-8-25(9-2)18-27(12-5,13-6)22-20(25)17-21-23-24(22)29-16-15-28(23,14-7)19-26(21,10-3)11-4/h17,29H,8-16,18-19H2,1-7H3/i29D. The van der Waals surface area contributed by atoms with Gasteiger partial charge in [0.25, 0.3) is 0 Å². The highest BCUT2D eigenvalue weighted by Crippen LogP contribution is 2.62. The molecular formula is C28H45B. The molecule has 2 aliphatic carbocycles. The van der Waals surface area contributed by atoms with Crippen LogP contribution in [-0.4, -0.2) is 8.58 Å². The maximum atomic E-state index is 9.31. The van der Waals surface area contributed by atoms with E-state index in [9.17, 15) is 1.34 Å². The molecule has 0 bridgehead atoms. The van der Waals surface area contributed by atoms with Crippen LogP contribution in [0.5, 0.6) is 0 Å². The van der Waals surface area contributed by atoms with E-state index in [4.69, 9.17) is 0 Å². The maximum absolute atomic E-state index is 9.31. The van der Waals surface area contributed by atoms with Gasteiger partial charge in [0, 0.05) is 0 Å².